The van der Waals surface area contributed by atoms with Crippen molar-refractivity contribution in [2.75, 3.05) is 19.5 Å². The predicted octanol–water partition coefficient (Wildman–Crippen LogP) is 3.44. The van der Waals surface area contributed by atoms with Gasteiger partial charge in [0.2, 0.25) is 0 Å². The minimum Gasteiger partial charge on any atom is -0.496 e. The molecule has 1 heterocycles. The van der Waals surface area contributed by atoms with Gasteiger partial charge in [-0.1, -0.05) is 26.0 Å². The minimum atomic E-state index is 0.495. The summed E-state index contributed by atoms with van der Waals surface area (Å²) in [4.78, 5) is 4.34. The summed E-state index contributed by atoms with van der Waals surface area (Å²) in [6.45, 7) is 4.36. The largest absolute Gasteiger partial charge is 0.496 e. The number of hydrogen-bond acceptors (Lipinski definition) is 4. The molecule has 0 unspecified atom stereocenters. The van der Waals surface area contributed by atoms with Crippen LogP contribution in [0.5, 0.6) is 5.75 Å². The molecule has 0 aliphatic rings. The molecule has 0 aliphatic heterocycles. The first kappa shape index (κ1) is 13.5. The topological polar surface area (TPSA) is 47.3 Å². The lowest BCUT2D eigenvalue weighted by Gasteiger charge is -2.11. The van der Waals surface area contributed by atoms with Crippen LogP contribution in [0, 0.1) is 0 Å². The van der Waals surface area contributed by atoms with E-state index in [0.717, 1.165) is 17.0 Å². The van der Waals surface area contributed by atoms with E-state index in [2.05, 4.69) is 36.3 Å². The summed E-state index contributed by atoms with van der Waals surface area (Å²) in [6, 6.07) is 6.84. The first-order valence-corrected chi connectivity index (χ1v) is 6.43. The summed E-state index contributed by atoms with van der Waals surface area (Å²) in [5.74, 6) is 1.38. The van der Waals surface area contributed by atoms with Gasteiger partial charge in [0, 0.05) is 19.0 Å². The molecule has 2 rings (SSSR count). The van der Waals surface area contributed by atoms with Crippen molar-refractivity contribution in [1.29, 1.82) is 0 Å². The number of nitrogens with one attached hydrogen (secondary N) is 1. The smallest absolute Gasteiger partial charge is 0.294 e. The van der Waals surface area contributed by atoms with E-state index in [1.165, 1.54) is 5.56 Å². The van der Waals surface area contributed by atoms with Crippen LogP contribution in [0.2, 0.25) is 0 Å². The number of aromatic nitrogens is 1. The second-order valence-electron chi connectivity index (χ2n) is 4.80. The molecule has 0 bridgehead atoms. The van der Waals surface area contributed by atoms with E-state index in [4.69, 9.17) is 9.15 Å². The molecule has 0 spiro atoms. The molecule has 0 saturated heterocycles. The summed E-state index contributed by atoms with van der Waals surface area (Å²) >= 11 is 0. The lowest BCUT2D eigenvalue weighted by molar-refractivity contribution is 0.410. The van der Waals surface area contributed by atoms with Gasteiger partial charge in [0.1, 0.15) is 12.0 Å². The molecule has 4 nitrogen and oxygen atoms in total. The van der Waals surface area contributed by atoms with Gasteiger partial charge in [0.25, 0.3) is 6.01 Å². The highest BCUT2D eigenvalue weighted by atomic mass is 16.5. The maximum absolute atomic E-state index is 5.41. The van der Waals surface area contributed by atoms with Crippen molar-refractivity contribution in [1.82, 2.24) is 4.98 Å². The van der Waals surface area contributed by atoms with Crippen LogP contribution in [0.15, 0.2) is 28.9 Å². The number of benzene rings is 1. The fourth-order valence-corrected chi connectivity index (χ4v) is 1.99. The summed E-state index contributed by atoms with van der Waals surface area (Å²) in [5, 5.41) is 2.88. The highest BCUT2D eigenvalue weighted by molar-refractivity contribution is 5.40. The predicted molar refractivity (Wildman–Crippen MR) is 75.9 cm³/mol. The Hall–Kier alpha value is -1.97. The molecule has 0 atom stereocenters. The quantitative estimate of drug-likeness (QED) is 0.894. The van der Waals surface area contributed by atoms with Gasteiger partial charge in [-0.15, -0.1) is 0 Å². The molecule has 0 saturated carbocycles. The second-order valence-corrected chi connectivity index (χ2v) is 4.80. The van der Waals surface area contributed by atoms with Crippen LogP contribution in [0.3, 0.4) is 0 Å². The van der Waals surface area contributed by atoms with Crippen LogP contribution >= 0.6 is 0 Å². The monoisotopic (exact) mass is 260 g/mol. The van der Waals surface area contributed by atoms with Crippen LogP contribution in [-0.2, 0) is 6.42 Å². The van der Waals surface area contributed by atoms with Crippen LogP contribution in [0.1, 0.15) is 36.6 Å². The van der Waals surface area contributed by atoms with Gasteiger partial charge in [0.05, 0.1) is 12.8 Å². The number of methoxy groups -OCH3 is 1. The number of oxazole rings is 1. The van der Waals surface area contributed by atoms with Crippen molar-refractivity contribution >= 4 is 6.01 Å². The average Bonchev–Trinajstić information content (AvgIpc) is 2.86. The van der Waals surface area contributed by atoms with Crippen molar-refractivity contribution in [3.63, 3.8) is 0 Å². The number of ether oxygens (including phenoxy) is 1. The highest BCUT2D eigenvalue weighted by Gasteiger charge is 2.10. The van der Waals surface area contributed by atoms with E-state index in [9.17, 15) is 0 Å². The molecular weight excluding hydrogens is 240 g/mol. The Bertz CT molecular complexity index is 547. The summed E-state index contributed by atoms with van der Waals surface area (Å²) in [7, 11) is 3.48. The Labute approximate surface area is 113 Å². The van der Waals surface area contributed by atoms with E-state index >= 15 is 0 Å². The Morgan fingerprint density at radius 3 is 2.74 bits per heavy atom. The lowest BCUT2D eigenvalue weighted by atomic mass is 9.98. The fourth-order valence-electron chi connectivity index (χ4n) is 1.99. The van der Waals surface area contributed by atoms with Gasteiger partial charge < -0.3 is 14.5 Å². The average molecular weight is 260 g/mol. The van der Waals surface area contributed by atoms with Gasteiger partial charge in [-0.05, 0) is 17.5 Å². The van der Waals surface area contributed by atoms with Gasteiger partial charge in [0.15, 0.2) is 0 Å². The third kappa shape index (κ3) is 3.08. The molecule has 1 aromatic heterocycles. The third-order valence-corrected chi connectivity index (χ3v) is 3.11. The molecule has 1 aromatic carbocycles. The summed E-state index contributed by atoms with van der Waals surface area (Å²) in [5.41, 5.74) is 3.32. The van der Waals surface area contributed by atoms with Gasteiger partial charge in [-0.3, -0.25) is 0 Å². The Morgan fingerprint density at radius 2 is 2.16 bits per heavy atom. The highest BCUT2D eigenvalue weighted by Crippen LogP contribution is 2.26. The van der Waals surface area contributed by atoms with E-state index in [1.54, 1.807) is 20.4 Å². The van der Waals surface area contributed by atoms with E-state index in [1.807, 2.05) is 6.07 Å². The van der Waals surface area contributed by atoms with E-state index < -0.39 is 0 Å². The third-order valence-electron chi connectivity index (χ3n) is 3.11. The molecule has 2 aromatic rings. The molecular formula is C15H20N2O2. The molecule has 102 valence electrons. The van der Waals surface area contributed by atoms with Crippen molar-refractivity contribution in [2.24, 2.45) is 0 Å². The molecule has 0 amide bonds. The molecule has 4 heteroatoms. The first-order valence-electron chi connectivity index (χ1n) is 6.43. The van der Waals surface area contributed by atoms with E-state index in [0.29, 0.717) is 18.4 Å². The first-order chi connectivity index (χ1) is 9.13. The summed E-state index contributed by atoms with van der Waals surface area (Å²) in [6.07, 6.45) is 2.38. The van der Waals surface area contributed by atoms with Crippen molar-refractivity contribution < 1.29 is 9.15 Å². The number of anilines is 1. The van der Waals surface area contributed by atoms with E-state index in [-0.39, 0.29) is 0 Å². The van der Waals surface area contributed by atoms with Crippen LogP contribution < -0.4 is 10.1 Å². The van der Waals surface area contributed by atoms with Crippen molar-refractivity contribution in [3.05, 3.63) is 41.3 Å². The molecule has 1 N–H and O–H groups in total. The number of nitrogens with zero attached hydrogens (tertiary/aromatic N) is 1. The lowest BCUT2D eigenvalue weighted by Crippen LogP contribution is -1.97. The Kier molecular flexibility index (Phi) is 4.10. The Morgan fingerprint density at radius 1 is 1.37 bits per heavy atom. The number of rotatable bonds is 5. The van der Waals surface area contributed by atoms with Gasteiger partial charge in [-0.25, -0.2) is 0 Å². The Balaban J connectivity index is 2.28. The van der Waals surface area contributed by atoms with Crippen LogP contribution in [-0.4, -0.2) is 19.1 Å². The van der Waals surface area contributed by atoms with Crippen LogP contribution in [0.25, 0.3) is 0 Å². The molecule has 0 aliphatic carbocycles. The SMILES string of the molecule is CNc1nc(Cc2cc(C(C)C)ccc2OC)co1. The van der Waals surface area contributed by atoms with Gasteiger partial charge >= 0.3 is 0 Å². The maximum Gasteiger partial charge on any atom is 0.294 e. The maximum atomic E-state index is 5.41. The zero-order valence-corrected chi connectivity index (χ0v) is 11.9. The van der Waals surface area contributed by atoms with Gasteiger partial charge in [-0.2, -0.15) is 4.98 Å². The summed E-state index contributed by atoms with van der Waals surface area (Å²) < 4.78 is 10.7. The van der Waals surface area contributed by atoms with Crippen molar-refractivity contribution in [3.8, 4) is 5.75 Å². The minimum absolute atomic E-state index is 0.495. The second kappa shape index (κ2) is 5.78. The van der Waals surface area contributed by atoms with Crippen molar-refractivity contribution in [2.45, 2.75) is 26.2 Å². The normalized spacial score (nSPS) is 10.8. The standard InChI is InChI=1S/C15H20N2O2/c1-10(2)11-5-6-14(18-4)12(7-11)8-13-9-19-15(16-3)17-13/h5-7,9-10H,8H2,1-4H3,(H,16,17). The zero-order valence-electron chi connectivity index (χ0n) is 11.9. The molecule has 0 radical (unpaired) electrons. The molecule has 0 fully saturated rings. The van der Waals surface area contributed by atoms with Crippen LogP contribution in [0.4, 0.5) is 6.01 Å². The molecule has 19 heavy (non-hydrogen) atoms. The fraction of sp³-hybridized carbons (Fsp3) is 0.400. The number of hydrogen-bond donors (Lipinski definition) is 1. The zero-order chi connectivity index (χ0) is 13.8.